The number of nitrogens with zero attached hydrogens (tertiary/aromatic N) is 2. The molecule has 5 nitrogen and oxygen atoms in total. The highest BCUT2D eigenvalue weighted by atomic mass is 32.2. The minimum Gasteiger partial charge on any atom is -0.369 e. The number of anilines is 1. The molecule has 7 heteroatoms. The summed E-state index contributed by atoms with van der Waals surface area (Å²) in [5.74, 6) is -0.552. The van der Waals surface area contributed by atoms with Crippen molar-refractivity contribution < 1.29 is 12.8 Å². The number of hydrogen-bond donors (Lipinski definition) is 1. The first-order valence-electron chi connectivity index (χ1n) is 9.23. The largest absolute Gasteiger partial charge is 0.369 e. The van der Waals surface area contributed by atoms with Crippen molar-refractivity contribution in [3.8, 4) is 0 Å². The third kappa shape index (κ3) is 5.51. The van der Waals surface area contributed by atoms with Crippen molar-refractivity contribution >= 4 is 15.7 Å². The molecule has 1 aliphatic rings. The highest BCUT2D eigenvalue weighted by molar-refractivity contribution is 7.89. The molecule has 1 fully saturated rings. The van der Waals surface area contributed by atoms with Crippen LogP contribution in [0.1, 0.15) is 12.0 Å². The molecule has 0 radical (unpaired) electrons. The Morgan fingerprint density at radius 1 is 1.04 bits per heavy atom. The second kappa shape index (κ2) is 8.82. The molecule has 2 aromatic carbocycles. The lowest BCUT2D eigenvalue weighted by atomic mass is 10.2. The smallest absolute Gasteiger partial charge is 0.240 e. The summed E-state index contributed by atoms with van der Waals surface area (Å²) in [7, 11) is -3.65. The zero-order valence-electron chi connectivity index (χ0n) is 15.6. The van der Waals surface area contributed by atoms with Gasteiger partial charge in [0.25, 0.3) is 0 Å². The molecule has 0 amide bonds. The van der Waals surface area contributed by atoms with E-state index in [1.165, 1.54) is 29.4 Å². The first kappa shape index (κ1) is 19.8. The van der Waals surface area contributed by atoms with Crippen molar-refractivity contribution in [3.63, 3.8) is 0 Å². The minimum atomic E-state index is -3.65. The van der Waals surface area contributed by atoms with Crippen molar-refractivity contribution in [1.29, 1.82) is 0 Å². The highest BCUT2D eigenvalue weighted by Gasteiger charge is 2.18. The number of aryl methyl sites for hydroxylation is 1. The number of benzene rings is 2. The Morgan fingerprint density at radius 2 is 1.78 bits per heavy atom. The molecule has 2 aromatic rings. The molecular weight excluding hydrogens is 365 g/mol. The van der Waals surface area contributed by atoms with Crippen LogP contribution in [0.5, 0.6) is 0 Å². The Kier molecular flexibility index (Phi) is 6.46. The van der Waals surface area contributed by atoms with E-state index in [9.17, 15) is 12.8 Å². The first-order chi connectivity index (χ1) is 12.9. The standard InChI is InChI=1S/C20H26FN3O2S/c1-17-5-2-7-19(15-17)24-13-11-23(12-14-24)10-4-9-22-27(25,26)20-8-3-6-18(21)16-20/h2-3,5-8,15-16,22H,4,9-14H2,1H3. The summed E-state index contributed by atoms with van der Waals surface area (Å²) in [4.78, 5) is 4.70. The van der Waals surface area contributed by atoms with Crippen molar-refractivity contribution in [1.82, 2.24) is 9.62 Å². The van der Waals surface area contributed by atoms with Crippen molar-refractivity contribution in [2.24, 2.45) is 0 Å². The van der Waals surface area contributed by atoms with Crippen molar-refractivity contribution in [2.45, 2.75) is 18.2 Å². The molecule has 146 valence electrons. The van der Waals surface area contributed by atoms with Crippen LogP contribution in [0.3, 0.4) is 0 Å². The van der Waals surface area contributed by atoms with Crippen molar-refractivity contribution in [2.75, 3.05) is 44.2 Å². The third-order valence-electron chi connectivity index (χ3n) is 4.79. The fourth-order valence-corrected chi connectivity index (χ4v) is 4.39. The SMILES string of the molecule is Cc1cccc(N2CCN(CCCNS(=O)(=O)c3cccc(F)c3)CC2)c1. The van der Waals surface area contributed by atoms with Gasteiger partial charge in [0.15, 0.2) is 0 Å². The fourth-order valence-electron chi connectivity index (χ4n) is 3.28. The number of rotatable bonds is 7. The van der Waals surface area contributed by atoms with E-state index in [0.29, 0.717) is 6.54 Å². The summed E-state index contributed by atoms with van der Waals surface area (Å²) in [5.41, 5.74) is 2.53. The average molecular weight is 392 g/mol. The predicted molar refractivity (Wildman–Crippen MR) is 106 cm³/mol. The summed E-state index contributed by atoms with van der Waals surface area (Å²) in [6, 6.07) is 13.6. The highest BCUT2D eigenvalue weighted by Crippen LogP contribution is 2.18. The second-order valence-electron chi connectivity index (χ2n) is 6.88. The summed E-state index contributed by atoms with van der Waals surface area (Å²) >= 11 is 0. The van der Waals surface area contributed by atoms with E-state index in [-0.39, 0.29) is 4.90 Å². The van der Waals surface area contributed by atoms with Crippen LogP contribution in [-0.2, 0) is 10.0 Å². The Bertz CT molecular complexity index is 865. The maximum absolute atomic E-state index is 13.2. The zero-order valence-corrected chi connectivity index (χ0v) is 16.4. The lowest BCUT2D eigenvalue weighted by molar-refractivity contribution is 0.255. The van der Waals surface area contributed by atoms with E-state index in [0.717, 1.165) is 45.2 Å². The number of nitrogens with one attached hydrogen (secondary N) is 1. The Morgan fingerprint density at radius 3 is 2.48 bits per heavy atom. The van der Waals surface area contributed by atoms with Gasteiger partial charge in [0.1, 0.15) is 5.82 Å². The number of sulfonamides is 1. The fraction of sp³-hybridized carbons (Fsp3) is 0.400. The van der Waals surface area contributed by atoms with Crippen LogP contribution >= 0.6 is 0 Å². The van der Waals surface area contributed by atoms with Gasteiger partial charge in [0.05, 0.1) is 4.90 Å². The molecule has 0 unspecified atom stereocenters. The van der Waals surface area contributed by atoms with Gasteiger partial charge in [-0.15, -0.1) is 0 Å². The molecule has 1 N–H and O–H groups in total. The third-order valence-corrected chi connectivity index (χ3v) is 6.25. The minimum absolute atomic E-state index is 0.0331. The molecule has 0 saturated carbocycles. The zero-order chi connectivity index (χ0) is 19.3. The maximum Gasteiger partial charge on any atom is 0.240 e. The van der Waals surface area contributed by atoms with Crippen LogP contribution in [0.2, 0.25) is 0 Å². The van der Waals surface area contributed by atoms with Gasteiger partial charge in [0.2, 0.25) is 10.0 Å². The molecule has 0 aliphatic carbocycles. The number of halogens is 1. The van der Waals surface area contributed by atoms with Gasteiger partial charge in [-0.05, 0) is 55.8 Å². The number of piperazine rings is 1. The lowest BCUT2D eigenvalue weighted by Gasteiger charge is -2.36. The van der Waals surface area contributed by atoms with Crippen LogP contribution in [0.25, 0.3) is 0 Å². The second-order valence-corrected chi connectivity index (χ2v) is 8.64. The Hall–Kier alpha value is -1.96. The Balaban J connectivity index is 1.40. The summed E-state index contributed by atoms with van der Waals surface area (Å²) in [6.07, 6.45) is 0.721. The van der Waals surface area contributed by atoms with E-state index < -0.39 is 15.8 Å². The first-order valence-corrected chi connectivity index (χ1v) is 10.7. The topological polar surface area (TPSA) is 52.6 Å². The normalized spacial score (nSPS) is 15.9. The van der Waals surface area contributed by atoms with Gasteiger partial charge in [-0.3, -0.25) is 4.90 Å². The van der Waals surface area contributed by atoms with Gasteiger partial charge in [-0.25, -0.2) is 17.5 Å². The molecule has 27 heavy (non-hydrogen) atoms. The molecule has 0 aromatic heterocycles. The molecule has 1 aliphatic heterocycles. The van der Waals surface area contributed by atoms with Gasteiger partial charge in [0, 0.05) is 38.4 Å². The van der Waals surface area contributed by atoms with E-state index in [4.69, 9.17) is 0 Å². The van der Waals surface area contributed by atoms with Crippen molar-refractivity contribution in [3.05, 3.63) is 59.9 Å². The summed E-state index contributed by atoms with van der Waals surface area (Å²) in [6.45, 7) is 7.15. The van der Waals surface area contributed by atoms with Gasteiger partial charge < -0.3 is 4.90 Å². The van der Waals surface area contributed by atoms with Gasteiger partial charge >= 0.3 is 0 Å². The molecular formula is C20H26FN3O2S. The molecule has 1 saturated heterocycles. The summed E-state index contributed by atoms with van der Waals surface area (Å²) < 4.78 is 40.1. The van der Waals surface area contributed by atoms with Crippen LogP contribution in [-0.4, -0.2) is 52.6 Å². The monoisotopic (exact) mass is 391 g/mol. The molecule has 1 heterocycles. The quantitative estimate of drug-likeness (QED) is 0.738. The molecule has 0 atom stereocenters. The van der Waals surface area contributed by atoms with Crippen LogP contribution in [0.4, 0.5) is 10.1 Å². The number of hydrogen-bond acceptors (Lipinski definition) is 4. The predicted octanol–water partition coefficient (Wildman–Crippen LogP) is 2.62. The summed E-state index contributed by atoms with van der Waals surface area (Å²) in [5, 5.41) is 0. The van der Waals surface area contributed by atoms with Gasteiger partial charge in [-0.2, -0.15) is 0 Å². The Labute approximate surface area is 160 Å². The average Bonchev–Trinajstić information content (AvgIpc) is 2.66. The van der Waals surface area contributed by atoms with Crippen LogP contribution in [0, 0.1) is 12.7 Å². The molecule has 3 rings (SSSR count). The maximum atomic E-state index is 13.2. The van der Waals surface area contributed by atoms with Crippen LogP contribution < -0.4 is 9.62 Å². The van der Waals surface area contributed by atoms with Gasteiger partial charge in [-0.1, -0.05) is 18.2 Å². The van der Waals surface area contributed by atoms with E-state index in [1.54, 1.807) is 0 Å². The van der Waals surface area contributed by atoms with E-state index in [1.807, 2.05) is 0 Å². The van der Waals surface area contributed by atoms with E-state index >= 15 is 0 Å². The lowest BCUT2D eigenvalue weighted by Crippen LogP contribution is -2.47. The van der Waals surface area contributed by atoms with Crippen LogP contribution in [0.15, 0.2) is 53.4 Å². The molecule has 0 bridgehead atoms. The van der Waals surface area contributed by atoms with E-state index in [2.05, 4.69) is 45.7 Å². The molecule has 0 spiro atoms.